The van der Waals surface area contributed by atoms with Crippen molar-refractivity contribution < 1.29 is 19.1 Å². The molecule has 1 aromatic heterocycles. The summed E-state index contributed by atoms with van der Waals surface area (Å²) in [6, 6.07) is 5.32. The van der Waals surface area contributed by atoms with Gasteiger partial charge in [0.1, 0.15) is 5.70 Å². The van der Waals surface area contributed by atoms with Crippen molar-refractivity contribution in [2.75, 3.05) is 39.9 Å². The first-order chi connectivity index (χ1) is 17.6. The van der Waals surface area contributed by atoms with Gasteiger partial charge in [-0.3, -0.25) is 14.4 Å². The molecule has 9 heteroatoms. The van der Waals surface area contributed by atoms with Gasteiger partial charge in [0.15, 0.2) is 5.78 Å². The molecule has 9 nitrogen and oxygen atoms in total. The Balaban J connectivity index is 1.49. The zero-order valence-electron chi connectivity index (χ0n) is 22.2. The molecule has 0 saturated carbocycles. The van der Waals surface area contributed by atoms with Gasteiger partial charge in [0.05, 0.1) is 12.2 Å². The van der Waals surface area contributed by atoms with Gasteiger partial charge in [-0.1, -0.05) is 0 Å². The number of Topliss-reactive ketones (excluding diaryl/α,β-unsaturated/α-hetero) is 1. The van der Waals surface area contributed by atoms with Crippen LogP contribution >= 0.6 is 0 Å². The summed E-state index contributed by atoms with van der Waals surface area (Å²) in [5.74, 6) is -0.419. The van der Waals surface area contributed by atoms with Crippen LogP contribution in [0.4, 0.5) is 0 Å². The number of hydrogen-bond acceptors (Lipinski definition) is 6. The van der Waals surface area contributed by atoms with Crippen LogP contribution in [0.25, 0.3) is 10.9 Å². The Labute approximate surface area is 217 Å². The minimum Gasteiger partial charge on any atom is -0.383 e. The van der Waals surface area contributed by atoms with Crippen LogP contribution in [0.1, 0.15) is 67.2 Å². The molecule has 1 aliphatic carbocycles. The fraction of sp³-hybridized carbons (Fsp3) is 0.536. The van der Waals surface area contributed by atoms with Gasteiger partial charge >= 0.3 is 0 Å². The monoisotopic (exact) mass is 507 g/mol. The first-order valence-electron chi connectivity index (χ1n) is 13.1. The fourth-order valence-electron chi connectivity index (χ4n) is 5.98. The third-order valence-electron chi connectivity index (χ3n) is 7.91. The summed E-state index contributed by atoms with van der Waals surface area (Å²) in [6.45, 7) is 9.44. The number of amides is 2. The van der Waals surface area contributed by atoms with Crippen molar-refractivity contribution in [3.05, 3.63) is 46.8 Å². The van der Waals surface area contributed by atoms with Crippen molar-refractivity contribution in [1.82, 2.24) is 25.6 Å². The van der Waals surface area contributed by atoms with Gasteiger partial charge in [-0.05, 0) is 82.3 Å². The predicted molar refractivity (Wildman–Crippen MR) is 141 cm³/mol. The average molecular weight is 508 g/mol. The summed E-state index contributed by atoms with van der Waals surface area (Å²) in [5, 5.41) is 10.6. The number of rotatable bonds is 5. The maximum atomic E-state index is 14.1. The second-order valence-electron chi connectivity index (χ2n) is 11.5. The van der Waals surface area contributed by atoms with Crippen LogP contribution in [0.3, 0.4) is 0 Å². The summed E-state index contributed by atoms with van der Waals surface area (Å²) in [5.41, 5.74) is 2.94. The lowest BCUT2D eigenvalue weighted by molar-refractivity contribution is -0.122. The zero-order chi connectivity index (χ0) is 26.4. The van der Waals surface area contributed by atoms with Gasteiger partial charge in [-0.2, -0.15) is 0 Å². The number of nitrogens with zero attached hydrogens (tertiary/aromatic N) is 2. The van der Waals surface area contributed by atoms with Crippen molar-refractivity contribution >= 4 is 28.5 Å². The highest BCUT2D eigenvalue weighted by Crippen LogP contribution is 2.48. The summed E-state index contributed by atoms with van der Waals surface area (Å²) in [4.78, 5) is 43.6. The molecular formula is C28H37N5O4. The van der Waals surface area contributed by atoms with E-state index in [0.717, 1.165) is 43.4 Å². The highest BCUT2D eigenvalue weighted by atomic mass is 16.5. The average Bonchev–Trinajstić information content (AvgIpc) is 3.45. The highest BCUT2D eigenvalue weighted by Gasteiger charge is 2.49. The number of carbonyl (C=O) groups is 3. The van der Waals surface area contributed by atoms with E-state index in [0.29, 0.717) is 48.3 Å². The standard InChI is InChI=1S/C28H37N5O4/c1-27(2,3)32-17-19-14-28(7-9-29-10-8-28)15-23(34)24(19)33(32)26(36)18-5-6-22-20(13-18)21(16-31-22)25(35)30-11-12-37-4/h5-6,13,16,29,31H,7-12,14-15,17H2,1-4H3,(H,30,35). The van der Waals surface area contributed by atoms with Crippen molar-refractivity contribution in [3.63, 3.8) is 0 Å². The number of carbonyl (C=O) groups excluding carboxylic acids is 3. The molecule has 0 radical (unpaired) electrons. The smallest absolute Gasteiger partial charge is 0.273 e. The third-order valence-corrected chi connectivity index (χ3v) is 7.91. The second-order valence-corrected chi connectivity index (χ2v) is 11.5. The fourth-order valence-corrected chi connectivity index (χ4v) is 5.98. The van der Waals surface area contributed by atoms with Gasteiger partial charge in [0.2, 0.25) is 0 Å². The molecule has 2 aliphatic heterocycles. The van der Waals surface area contributed by atoms with Crippen LogP contribution in [0.15, 0.2) is 35.7 Å². The van der Waals surface area contributed by atoms with Crippen molar-refractivity contribution in [3.8, 4) is 0 Å². The van der Waals surface area contributed by atoms with E-state index in [1.807, 2.05) is 11.1 Å². The van der Waals surface area contributed by atoms with E-state index in [2.05, 4.69) is 36.4 Å². The topological polar surface area (TPSA) is 107 Å². The first-order valence-corrected chi connectivity index (χ1v) is 13.1. The van der Waals surface area contributed by atoms with Gasteiger partial charge in [0, 0.05) is 54.8 Å². The lowest BCUT2D eigenvalue weighted by Gasteiger charge is -2.41. The van der Waals surface area contributed by atoms with Crippen molar-refractivity contribution in [2.45, 2.75) is 52.0 Å². The highest BCUT2D eigenvalue weighted by molar-refractivity contribution is 6.10. The molecule has 1 spiro atoms. The molecule has 5 rings (SSSR count). The molecule has 2 amide bonds. The minimum atomic E-state index is -0.362. The number of ketones is 1. The number of piperidine rings is 1. The normalized spacial score (nSPS) is 20.1. The van der Waals surface area contributed by atoms with Crippen molar-refractivity contribution in [1.29, 1.82) is 0 Å². The van der Waals surface area contributed by atoms with E-state index in [1.54, 1.807) is 30.4 Å². The summed E-state index contributed by atoms with van der Waals surface area (Å²) >= 11 is 0. The number of allylic oxidation sites excluding steroid dienone is 1. The Morgan fingerprint density at radius 2 is 1.92 bits per heavy atom. The number of methoxy groups -OCH3 is 1. The van der Waals surface area contributed by atoms with E-state index in [1.165, 1.54) is 0 Å². The van der Waals surface area contributed by atoms with E-state index >= 15 is 0 Å². The predicted octanol–water partition coefficient (Wildman–Crippen LogP) is 3.00. The maximum Gasteiger partial charge on any atom is 0.273 e. The lowest BCUT2D eigenvalue weighted by Crippen LogP contribution is -2.52. The Hall–Kier alpha value is -3.01. The molecule has 1 saturated heterocycles. The first kappa shape index (κ1) is 25.6. The number of nitrogens with one attached hydrogen (secondary N) is 3. The van der Waals surface area contributed by atoms with E-state index in [4.69, 9.17) is 4.74 Å². The van der Waals surface area contributed by atoms with Crippen LogP contribution in [0.5, 0.6) is 0 Å². The number of aromatic nitrogens is 1. The Morgan fingerprint density at radius 1 is 1.16 bits per heavy atom. The van der Waals surface area contributed by atoms with Crippen LogP contribution in [-0.2, 0) is 9.53 Å². The number of fused-ring (bicyclic) bond motifs is 1. The number of ether oxygens (including phenoxy) is 1. The van der Waals surface area contributed by atoms with Crippen molar-refractivity contribution in [2.24, 2.45) is 5.41 Å². The number of H-pyrrole nitrogens is 1. The van der Waals surface area contributed by atoms with E-state index < -0.39 is 0 Å². The van der Waals surface area contributed by atoms with Gasteiger partial charge < -0.3 is 20.4 Å². The van der Waals surface area contributed by atoms with Gasteiger partial charge in [-0.15, -0.1) is 0 Å². The molecule has 0 bridgehead atoms. The SMILES string of the molecule is COCCNC(=O)c1c[nH]c2ccc(C(=O)N3C4=C(CN3C(C)(C)C)CC3(CCNCC3)CC4=O)cc12. The summed E-state index contributed by atoms with van der Waals surface area (Å²) in [7, 11) is 1.58. The zero-order valence-corrected chi connectivity index (χ0v) is 22.2. The molecule has 198 valence electrons. The molecule has 3 aliphatic rings. The summed E-state index contributed by atoms with van der Waals surface area (Å²) in [6.07, 6.45) is 4.96. The number of hydrazine groups is 1. The Bertz CT molecular complexity index is 1270. The Morgan fingerprint density at radius 3 is 2.62 bits per heavy atom. The number of benzene rings is 1. The second kappa shape index (κ2) is 9.70. The molecule has 0 atom stereocenters. The van der Waals surface area contributed by atoms with Crippen LogP contribution in [0.2, 0.25) is 0 Å². The van der Waals surface area contributed by atoms with Crippen LogP contribution < -0.4 is 10.6 Å². The molecule has 3 heterocycles. The molecule has 0 unspecified atom stereocenters. The summed E-state index contributed by atoms with van der Waals surface area (Å²) < 4.78 is 5.02. The largest absolute Gasteiger partial charge is 0.383 e. The lowest BCUT2D eigenvalue weighted by atomic mass is 9.67. The van der Waals surface area contributed by atoms with E-state index in [-0.39, 0.29) is 28.6 Å². The number of hydrogen-bond donors (Lipinski definition) is 3. The molecule has 37 heavy (non-hydrogen) atoms. The van der Waals surface area contributed by atoms with Crippen LogP contribution in [-0.4, -0.2) is 78.0 Å². The number of aromatic amines is 1. The third kappa shape index (κ3) is 4.71. The molecule has 1 aromatic carbocycles. The van der Waals surface area contributed by atoms with Gasteiger partial charge in [-0.25, -0.2) is 10.0 Å². The van der Waals surface area contributed by atoms with Gasteiger partial charge in [0.25, 0.3) is 11.8 Å². The van der Waals surface area contributed by atoms with E-state index in [9.17, 15) is 14.4 Å². The quantitative estimate of drug-likeness (QED) is 0.537. The molecule has 3 N–H and O–H groups in total. The molecule has 1 fully saturated rings. The molecule has 2 aromatic rings. The van der Waals surface area contributed by atoms with Crippen LogP contribution in [0, 0.1) is 5.41 Å². The minimum absolute atomic E-state index is 0.00110. The molecular weight excluding hydrogens is 470 g/mol. The maximum absolute atomic E-state index is 14.1. The Kier molecular flexibility index (Phi) is 6.72.